The van der Waals surface area contributed by atoms with Gasteiger partial charge in [-0.05, 0) is 12.8 Å². The molecular formula is C10H18N4O. The number of aliphatic hydroxyl groups is 1. The summed E-state index contributed by atoms with van der Waals surface area (Å²) in [7, 11) is 1.88. The molecule has 5 nitrogen and oxygen atoms in total. The average molecular weight is 210 g/mol. The highest BCUT2D eigenvalue weighted by Gasteiger charge is 2.32. The van der Waals surface area contributed by atoms with Crippen LogP contribution in [0.5, 0.6) is 0 Å². The Balaban J connectivity index is 1.94. The first kappa shape index (κ1) is 10.6. The number of hydrogen-bond acceptors (Lipinski definition) is 4. The van der Waals surface area contributed by atoms with Crippen LogP contribution >= 0.6 is 0 Å². The molecule has 5 heteroatoms. The lowest BCUT2D eigenvalue weighted by atomic mass is 9.99. The van der Waals surface area contributed by atoms with Crippen LogP contribution in [0.1, 0.15) is 31.4 Å². The Bertz CT molecular complexity index is 317. The molecule has 1 aliphatic rings. The largest absolute Gasteiger partial charge is 0.394 e. The van der Waals surface area contributed by atoms with Crippen LogP contribution in [0.4, 0.5) is 0 Å². The van der Waals surface area contributed by atoms with E-state index in [2.05, 4.69) is 15.6 Å². The molecule has 1 aliphatic carbocycles. The zero-order chi connectivity index (χ0) is 10.7. The van der Waals surface area contributed by atoms with Gasteiger partial charge in [-0.3, -0.25) is 4.68 Å². The standard InChI is InChI=1S/C10H18N4O/c1-14-9(7-12-13-14)6-11-10(8-15)4-2-3-5-10/h7,11,15H,2-6,8H2,1H3. The molecule has 0 bridgehead atoms. The van der Waals surface area contributed by atoms with Gasteiger partial charge in [0.15, 0.2) is 0 Å². The molecule has 1 aromatic rings. The summed E-state index contributed by atoms with van der Waals surface area (Å²) in [4.78, 5) is 0. The minimum absolute atomic E-state index is 0.0652. The van der Waals surface area contributed by atoms with Gasteiger partial charge in [-0.1, -0.05) is 18.1 Å². The zero-order valence-corrected chi connectivity index (χ0v) is 9.11. The highest BCUT2D eigenvalue weighted by Crippen LogP contribution is 2.29. The van der Waals surface area contributed by atoms with Crippen LogP contribution in [-0.2, 0) is 13.6 Å². The maximum atomic E-state index is 9.41. The Morgan fingerprint density at radius 3 is 2.80 bits per heavy atom. The van der Waals surface area contributed by atoms with Crippen molar-refractivity contribution in [3.63, 3.8) is 0 Å². The van der Waals surface area contributed by atoms with Crippen LogP contribution in [0.3, 0.4) is 0 Å². The van der Waals surface area contributed by atoms with Crippen molar-refractivity contribution in [2.45, 2.75) is 37.8 Å². The van der Waals surface area contributed by atoms with Gasteiger partial charge in [-0.2, -0.15) is 0 Å². The third-order valence-electron chi connectivity index (χ3n) is 3.32. The van der Waals surface area contributed by atoms with Gasteiger partial charge in [0.1, 0.15) is 0 Å². The highest BCUT2D eigenvalue weighted by atomic mass is 16.3. The molecule has 1 aromatic heterocycles. The fourth-order valence-corrected chi connectivity index (χ4v) is 2.19. The minimum Gasteiger partial charge on any atom is -0.394 e. The van der Waals surface area contributed by atoms with E-state index in [9.17, 15) is 5.11 Å². The third-order valence-corrected chi connectivity index (χ3v) is 3.32. The van der Waals surface area contributed by atoms with E-state index in [1.54, 1.807) is 10.9 Å². The molecule has 1 fully saturated rings. The zero-order valence-electron chi connectivity index (χ0n) is 9.11. The number of nitrogens with zero attached hydrogens (tertiary/aromatic N) is 3. The number of hydrogen-bond donors (Lipinski definition) is 2. The summed E-state index contributed by atoms with van der Waals surface area (Å²) in [5.41, 5.74) is 0.985. The number of aryl methyl sites for hydroxylation is 1. The second-order valence-corrected chi connectivity index (χ2v) is 4.35. The van der Waals surface area contributed by atoms with Gasteiger partial charge in [-0.15, -0.1) is 5.10 Å². The fraction of sp³-hybridized carbons (Fsp3) is 0.800. The minimum atomic E-state index is -0.0652. The first-order valence-electron chi connectivity index (χ1n) is 5.45. The summed E-state index contributed by atoms with van der Waals surface area (Å²) in [5, 5.41) is 20.6. The summed E-state index contributed by atoms with van der Waals surface area (Å²) < 4.78 is 1.76. The Morgan fingerprint density at radius 2 is 2.27 bits per heavy atom. The Kier molecular flexibility index (Phi) is 3.02. The predicted octanol–water partition coefficient (Wildman–Crippen LogP) is 0.210. The molecule has 0 radical (unpaired) electrons. The van der Waals surface area contributed by atoms with Crippen LogP contribution in [0, 0.1) is 0 Å². The van der Waals surface area contributed by atoms with Crippen molar-refractivity contribution in [1.29, 1.82) is 0 Å². The summed E-state index contributed by atoms with van der Waals surface area (Å²) >= 11 is 0. The van der Waals surface area contributed by atoms with E-state index in [4.69, 9.17) is 0 Å². The topological polar surface area (TPSA) is 63.0 Å². The Morgan fingerprint density at radius 1 is 1.53 bits per heavy atom. The Labute approximate surface area is 89.5 Å². The molecule has 1 heterocycles. The molecule has 1 saturated carbocycles. The molecule has 0 aliphatic heterocycles. The molecule has 0 unspecified atom stereocenters. The monoisotopic (exact) mass is 210 g/mol. The van der Waals surface area contributed by atoms with E-state index in [1.807, 2.05) is 7.05 Å². The van der Waals surface area contributed by atoms with Gasteiger partial charge in [0.2, 0.25) is 0 Å². The third kappa shape index (κ3) is 2.18. The van der Waals surface area contributed by atoms with Gasteiger partial charge in [0.25, 0.3) is 0 Å². The lowest BCUT2D eigenvalue weighted by Gasteiger charge is -2.27. The van der Waals surface area contributed by atoms with E-state index in [0.717, 1.165) is 25.1 Å². The highest BCUT2D eigenvalue weighted by molar-refractivity contribution is 4.98. The maximum Gasteiger partial charge on any atom is 0.0738 e. The second kappa shape index (κ2) is 4.28. The van der Waals surface area contributed by atoms with Crippen molar-refractivity contribution in [1.82, 2.24) is 20.3 Å². The van der Waals surface area contributed by atoms with Crippen molar-refractivity contribution in [2.75, 3.05) is 6.61 Å². The summed E-state index contributed by atoms with van der Waals surface area (Å²) in [6, 6.07) is 0. The van der Waals surface area contributed by atoms with E-state index >= 15 is 0 Å². The Hall–Kier alpha value is -0.940. The number of aliphatic hydroxyl groups excluding tert-OH is 1. The van der Waals surface area contributed by atoms with Gasteiger partial charge >= 0.3 is 0 Å². The van der Waals surface area contributed by atoms with Gasteiger partial charge in [0, 0.05) is 19.1 Å². The first-order valence-corrected chi connectivity index (χ1v) is 5.45. The van der Waals surface area contributed by atoms with E-state index in [0.29, 0.717) is 0 Å². The maximum absolute atomic E-state index is 9.41. The van der Waals surface area contributed by atoms with Crippen LogP contribution in [0.25, 0.3) is 0 Å². The molecule has 84 valence electrons. The number of nitrogens with one attached hydrogen (secondary N) is 1. The lowest BCUT2D eigenvalue weighted by Crippen LogP contribution is -2.45. The number of aromatic nitrogens is 3. The SMILES string of the molecule is Cn1nncc1CNC1(CO)CCCC1. The van der Waals surface area contributed by atoms with Crippen molar-refractivity contribution in [3.05, 3.63) is 11.9 Å². The lowest BCUT2D eigenvalue weighted by molar-refractivity contribution is 0.162. The van der Waals surface area contributed by atoms with Crippen LogP contribution in [0.2, 0.25) is 0 Å². The fourth-order valence-electron chi connectivity index (χ4n) is 2.19. The average Bonchev–Trinajstić information content (AvgIpc) is 2.85. The quantitative estimate of drug-likeness (QED) is 0.745. The molecule has 0 amide bonds. The summed E-state index contributed by atoms with van der Waals surface area (Å²) in [6.45, 7) is 0.947. The van der Waals surface area contributed by atoms with E-state index < -0.39 is 0 Å². The normalized spacial score (nSPS) is 19.6. The first-order chi connectivity index (χ1) is 7.26. The van der Waals surface area contributed by atoms with Crippen LogP contribution < -0.4 is 5.32 Å². The predicted molar refractivity (Wildman–Crippen MR) is 56.1 cm³/mol. The molecule has 0 aromatic carbocycles. The van der Waals surface area contributed by atoms with E-state index in [1.165, 1.54) is 12.8 Å². The molecule has 0 spiro atoms. The summed E-state index contributed by atoms with van der Waals surface area (Å²) in [5.74, 6) is 0. The molecule has 2 rings (SSSR count). The van der Waals surface area contributed by atoms with Crippen molar-refractivity contribution < 1.29 is 5.11 Å². The van der Waals surface area contributed by atoms with E-state index in [-0.39, 0.29) is 12.1 Å². The summed E-state index contributed by atoms with van der Waals surface area (Å²) in [6.07, 6.45) is 6.30. The molecule has 0 saturated heterocycles. The number of rotatable bonds is 4. The smallest absolute Gasteiger partial charge is 0.0738 e. The van der Waals surface area contributed by atoms with Crippen molar-refractivity contribution in [3.8, 4) is 0 Å². The van der Waals surface area contributed by atoms with Crippen molar-refractivity contribution in [2.24, 2.45) is 7.05 Å². The molecule has 0 atom stereocenters. The molecule has 2 N–H and O–H groups in total. The van der Waals surface area contributed by atoms with Crippen molar-refractivity contribution >= 4 is 0 Å². The molecular weight excluding hydrogens is 192 g/mol. The van der Waals surface area contributed by atoms with Crippen LogP contribution in [-0.4, -0.2) is 32.2 Å². The van der Waals surface area contributed by atoms with Gasteiger partial charge < -0.3 is 10.4 Å². The van der Waals surface area contributed by atoms with Gasteiger partial charge in [0.05, 0.1) is 18.5 Å². The second-order valence-electron chi connectivity index (χ2n) is 4.35. The molecule has 15 heavy (non-hydrogen) atoms. The van der Waals surface area contributed by atoms with Crippen LogP contribution in [0.15, 0.2) is 6.20 Å². The van der Waals surface area contributed by atoms with Gasteiger partial charge in [-0.25, -0.2) is 0 Å².